The van der Waals surface area contributed by atoms with Crippen LogP contribution < -0.4 is 14.8 Å². The molecule has 5 nitrogen and oxygen atoms in total. The molecule has 27 heavy (non-hydrogen) atoms. The molecular formula is C19H25F3N4O+2. The summed E-state index contributed by atoms with van der Waals surface area (Å²) in [4.78, 5) is 19.3. The number of H-pyrrole nitrogens is 1. The molecule has 2 N–H and O–H groups in total. The monoisotopic (exact) mass is 382 g/mol. The van der Waals surface area contributed by atoms with Crippen LogP contribution in [0.5, 0.6) is 0 Å². The van der Waals surface area contributed by atoms with E-state index in [1.807, 2.05) is 24.4 Å². The van der Waals surface area contributed by atoms with Gasteiger partial charge in [-0.05, 0) is 26.0 Å². The van der Waals surface area contributed by atoms with E-state index in [1.165, 1.54) is 4.57 Å². The zero-order chi connectivity index (χ0) is 19.6. The quantitative estimate of drug-likeness (QED) is 0.787. The number of carbonyl (C=O) groups excluding carboxylic acids is 1. The van der Waals surface area contributed by atoms with Crippen molar-refractivity contribution in [3.8, 4) is 0 Å². The second-order valence-corrected chi connectivity index (χ2v) is 7.07. The molecule has 2 aromatic heterocycles. The fourth-order valence-electron chi connectivity index (χ4n) is 3.65. The van der Waals surface area contributed by atoms with Gasteiger partial charge in [0.2, 0.25) is 5.78 Å². The van der Waals surface area contributed by atoms with Gasteiger partial charge in [-0.2, -0.15) is 13.2 Å². The van der Waals surface area contributed by atoms with Gasteiger partial charge in [-0.3, -0.25) is 9.69 Å². The maximum atomic E-state index is 12.7. The lowest BCUT2D eigenvalue weighted by Crippen LogP contribution is -3.15. The molecule has 0 aliphatic carbocycles. The highest BCUT2D eigenvalue weighted by atomic mass is 19.4. The summed E-state index contributed by atoms with van der Waals surface area (Å²) in [6.07, 6.45) is -2.42. The lowest BCUT2D eigenvalue weighted by molar-refractivity contribution is -0.892. The molecule has 1 fully saturated rings. The van der Waals surface area contributed by atoms with E-state index in [0.717, 1.165) is 36.9 Å². The molecule has 0 saturated carbocycles. The Bertz CT molecular complexity index is 793. The van der Waals surface area contributed by atoms with Crippen LogP contribution in [0, 0.1) is 13.8 Å². The highest BCUT2D eigenvalue weighted by Gasteiger charge is 2.32. The Morgan fingerprint density at radius 2 is 1.93 bits per heavy atom. The molecule has 0 aromatic carbocycles. The number of piperazine rings is 1. The van der Waals surface area contributed by atoms with Gasteiger partial charge in [-0.1, -0.05) is 6.07 Å². The van der Waals surface area contributed by atoms with Gasteiger partial charge >= 0.3 is 6.18 Å². The summed E-state index contributed by atoms with van der Waals surface area (Å²) in [6, 6.07) is 7.51. The first-order valence-electron chi connectivity index (χ1n) is 9.06. The summed E-state index contributed by atoms with van der Waals surface area (Å²) in [5, 5.41) is 0. The Labute approximate surface area is 156 Å². The van der Waals surface area contributed by atoms with E-state index in [4.69, 9.17) is 0 Å². The van der Waals surface area contributed by atoms with Crippen LogP contribution in [-0.2, 0) is 6.54 Å². The maximum Gasteiger partial charge on any atom is 0.406 e. The third-order valence-electron chi connectivity index (χ3n) is 5.13. The molecule has 0 atom stereocenters. The highest BCUT2D eigenvalue weighted by molar-refractivity contribution is 5.98. The Hall–Kier alpha value is -2.35. The van der Waals surface area contributed by atoms with Crippen molar-refractivity contribution in [3.05, 3.63) is 47.4 Å². The maximum absolute atomic E-state index is 12.7. The van der Waals surface area contributed by atoms with Crippen LogP contribution in [0.1, 0.15) is 21.7 Å². The zero-order valence-corrected chi connectivity index (χ0v) is 15.6. The molecule has 0 radical (unpaired) electrons. The van der Waals surface area contributed by atoms with Crippen molar-refractivity contribution < 1.29 is 27.8 Å². The van der Waals surface area contributed by atoms with Crippen LogP contribution in [0.25, 0.3) is 0 Å². The number of aryl methyl sites for hydroxylation is 1. The minimum atomic E-state index is -4.30. The molecule has 1 saturated heterocycles. The minimum absolute atomic E-state index is 0.0914. The number of alkyl halides is 3. The van der Waals surface area contributed by atoms with Crippen LogP contribution in [0.3, 0.4) is 0 Å². The number of carbonyl (C=O) groups is 1. The van der Waals surface area contributed by atoms with Gasteiger partial charge in [0.05, 0.1) is 6.20 Å². The van der Waals surface area contributed by atoms with E-state index >= 15 is 0 Å². The van der Waals surface area contributed by atoms with Gasteiger partial charge in [0.25, 0.3) is 5.82 Å². The van der Waals surface area contributed by atoms with Crippen molar-refractivity contribution in [2.45, 2.75) is 26.6 Å². The van der Waals surface area contributed by atoms with Crippen molar-refractivity contribution in [3.63, 3.8) is 0 Å². The second-order valence-electron chi connectivity index (χ2n) is 7.07. The normalized spacial score (nSPS) is 16.0. The molecule has 0 unspecified atom stereocenters. The average Bonchev–Trinajstić information content (AvgIpc) is 2.90. The molecule has 8 heteroatoms. The number of pyridine rings is 1. The number of anilines is 1. The van der Waals surface area contributed by atoms with E-state index in [-0.39, 0.29) is 5.78 Å². The number of Topliss-reactive ketones (excluding diaryl/α,β-unsaturated/α-hetero) is 1. The van der Waals surface area contributed by atoms with Crippen LogP contribution in [0.4, 0.5) is 19.0 Å². The first-order valence-corrected chi connectivity index (χ1v) is 9.06. The Morgan fingerprint density at radius 3 is 2.52 bits per heavy atom. The lowest BCUT2D eigenvalue weighted by Gasteiger charge is -2.27. The predicted molar refractivity (Wildman–Crippen MR) is 95.1 cm³/mol. The Morgan fingerprint density at radius 1 is 1.22 bits per heavy atom. The first-order chi connectivity index (χ1) is 12.7. The summed E-state index contributed by atoms with van der Waals surface area (Å²) < 4.78 is 39.4. The number of rotatable bonds is 5. The Kier molecular flexibility index (Phi) is 5.55. The minimum Gasteiger partial charge on any atom is -0.339 e. The van der Waals surface area contributed by atoms with Gasteiger partial charge in [0, 0.05) is 23.0 Å². The molecule has 0 spiro atoms. The van der Waals surface area contributed by atoms with Crippen LogP contribution in [0.2, 0.25) is 0 Å². The van der Waals surface area contributed by atoms with Crippen molar-refractivity contribution in [1.29, 1.82) is 0 Å². The predicted octanol–water partition coefficient (Wildman–Crippen LogP) is 1.07. The van der Waals surface area contributed by atoms with Gasteiger partial charge in [-0.15, -0.1) is 0 Å². The van der Waals surface area contributed by atoms with E-state index in [0.29, 0.717) is 23.5 Å². The highest BCUT2D eigenvalue weighted by Crippen LogP contribution is 2.23. The van der Waals surface area contributed by atoms with Crippen LogP contribution >= 0.6 is 0 Å². The molecule has 3 heterocycles. The first kappa shape index (κ1) is 19.4. The van der Waals surface area contributed by atoms with E-state index in [2.05, 4.69) is 9.88 Å². The summed E-state index contributed by atoms with van der Waals surface area (Å²) in [7, 11) is 0. The van der Waals surface area contributed by atoms with Crippen molar-refractivity contribution in [1.82, 2.24) is 4.57 Å². The molecule has 1 aliphatic heterocycles. The van der Waals surface area contributed by atoms with E-state index in [1.54, 1.807) is 19.9 Å². The number of ketones is 1. The fourth-order valence-corrected chi connectivity index (χ4v) is 3.65. The molecule has 1 aliphatic rings. The van der Waals surface area contributed by atoms with Crippen molar-refractivity contribution >= 4 is 11.6 Å². The molecule has 2 aromatic rings. The smallest absolute Gasteiger partial charge is 0.339 e. The molecule has 146 valence electrons. The molecule has 0 amide bonds. The average molecular weight is 382 g/mol. The number of nitrogens with one attached hydrogen (secondary N) is 2. The second kappa shape index (κ2) is 7.72. The van der Waals surface area contributed by atoms with Crippen molar-refractivity contribution in [2.24, 2.45) is 0 Å². The fraction of sp³-hybridized carbons (Fsp3) is 0.474. The summed E-state index contributed by atoms with van der Waals surface area (Å²) in [6.45, 7) is 5.74. The summed E-state index contributed by atoms with van der Waals surface area (Å²) in [5.74, 6) is 0.963. The lowest BCUT2D eigenvalue weighted by atomic mass is 10.1. The standard InChI is InChI=1S/C19H23F3N4O/c1-14-11-16(15(2)26(14)13-19(20,21)22)17(27)12-24-7-9-25(10-8-24)18-5-3-4-6-23-18/h3-6,11H,7-10,12-13H2,1-2H3/p+2. The van der Waals surface area contributed by atoms with Gasteiger partial charge in [0.1, 0.15) is 39.3 Å². The summed E-state index contributed by atoms with van der Waals surface area (Å²) in [5.41, 5.74) is 1.27. The van der Waals surface area contributed by atoms with E-state index in [9.17, 15) is 18.0 Å². The number of aromatic nitrogens is 2. The van der Waals surface area contributed by atoms with Crippen LogP contribution in [-0.4, -0.2) is 49.3 Å². The topological polar surface area (TPSA) is 43.8 Å². The number of hydrogen-bond acceptors (Lipinski definition) is 2. The summed E-state index contributed by atoms with van der Waals surface area (Å²) >= 11 is 0. The number of quaternary nitrogens is 1. The SMILES string of the molecule is Cc1cc(C(=O)C[NH+]2CCN(c3cccc[nH+]3)CC2)c(C)n1CC(F)(F)F. The number of hydrogen-bond donors (Lipinski definition) is 1. The number of aromatic amines is 1. The van der Waals surface area contributed by atoms with Gasteiger partial charge in [-0.25, -0.2) is 4.98 Å². The molecule has 0 bridgehead atoms. The van der Waals surface area contributed by atoms with Crippen LogP contribution in [0.15, 0.2) is 30.5 Å². The van der Waals surface area contributed by atoms with E-state index < -0.39 is 12.7 Å². The van der Waals surface area contributed by atoms with Crippen molar-refractivity contribution in [2.75, 3.05) is 37.6 Å². The number of halogens is 3. The largest absolute Gasteiger partial charge is 0.406 e. The third kappa shape index (κ3) is 4.68. The third-order valence-corrected chi connectivity index (χ3v) is 5.13. The molecule has 3 rings (SSSR count). The van der Waals surface area contributed by atoms with Gasteiger partial charge < -0.3 is 9.47 Å². The number of nitrogens with zero attached hydrogens (tertiary/aromatic N) is 2. The van der Waals surface area contributed by atoms with Gasteiger partial charge in [0.15, 0.2) is 0 Å². The zero-order valence-electron chi connectivity index (χ0n) is 15.6. The molecular weight excluding hydrogens is 357 g/mol. The Balaban J connectivity index is 1.61.